The highest BCUT2D eigenvalue weighted by Gasteiger charge is 2.18. The number of primary sulfonamides is 1. The Kier molecular flexibility index (Phi) is 3.80. The lowest BCUT2D eigenvalue weighted by atomic mass is 10.2. The maximum Gasteiger partial charge on any atom is 0.252 e. The van der Waals surface area contributed by atoms with Crippen LogP contribution in [0.15, 0.2) is 17.0 Å². The van der Waals surface area contributed by atoms with Crippen LogP contribution < -0.4 is 10.5 Å². The predicted molar refractivity (Wildman–Crippen MR) is 61.2 cm³/mol. The quantitative estimate of drug-likeness (QED) is 0.848. The summed E-state index contributed by atoms with van der Waals surface area (Å²) in [5.74, 6) is -0.544. The minimum absolute atomic E-state index is 0.0200. The number of nitrogens with one attached hydrogen (secondary N) is 1. The lowest BCUT2D eigenvalue weighted by molar-refractivity contribution is 0.0963. The Bertz CT molecular complexity index is 542. The third-order valence-corrected chi connectivity index (χ3v) is 3.50. The summed E-state index contributed by atoms with van der Waals surface area (Å²) in [5.41, 5.74) is -0.0410. The summed E-state index contributed by atoms with van der Waals surface area (Å²) in [6.45, 7) is 0. The van der Waals surface area contributed by atoms with Gasteiger partial charge in [-0.1, -0.05) is 23.2 Å². The minimum Gasteiger partial charge on any atom is -0.355 e. The zero-order valence-corrected chi connectivity index (χ0v) is 10.4. The van der Waals surface area contributed by atoms with Gasteiger partial charge in [0.05, 0.1) is 20.5 Å². The number of halogens is 2. The number of sulfonamides is 1. The van der Waals surface area contributed by atoms with Crippen molar-refractivity contribution in [2.24, 2.45) is 5.14 Å². The lowest BCUT2D eigenvalue weighted by Gasteiger charge is -2.07. The zero-order valence-electron chi connectivity index (χ0n) is 8.12. The molecule has 88 valence electrons. The number of hydrogen-bond donors (Lipinski definition) is 2. The molecule has 1 aromatic rings. The fraction of sp³-hybridized carbons (Fsp3) is 0.125. The molecular formula is C8H8Cl2N2O3S. The molecule has 1 amide bonds. The molecule has 3 N–H and O–H groups in total. The van der Waals surface area contributed by atoms with Crippen LogP contribution in [-0.4, -0.2) is 21.4 Å². The van der Waals surface area contributed by atoms with Gasteiger partial charge >= 0.3 is 0 Å². The predicted octanol–water partition coefficient (Wildman–Crippen LogP) is 1.00. The van der Waals surface area contributed by atoms with Gasteiger partial charge in [0.15, 0.2) is 0 Å². The fourth-order valence-electron chi connectivity index (χ4n) is 1.03. The van der Waals surface area contributed by atoms with Crippen molar-refractivity contribution >= 4 is 39.1 Å². The standard InChI is InChI=1S/C8H8Cl2N2O3S/c1-12-8(13)5-2-4(16(11,14)15)3-6(9)7(5)10/h2-3H,1H3,(H,12,13)(H2,11,14,15). The SMILES string of the molecule is CNC(=O)c1cc(S(N)(=O)=O)cc(Cl)c1Cl. The van der Waals surface area contributed by atoms with E-state index in [1.807, 2.05) is 0 Å². The molecule has 0 aliphatic carbocycles. The number of hydrogen-bond acceptors (Lipinski definition) is 3. The Hall–Kier alpha value is -0.820. The van der Waals surface area contributed by atoms with E-state index in [4.69, 9.17) is 28.3 Å². The first kappa shape index (κ1) is 13.2. The average molecular weight is 283 g/mol. The highest BCUT2D eigenvalue weighted by atomic mass is 35.5. The van der Waals surface area contributed by atoms with Crippen molar-refractivity contribution in [3.8, 4) is 0 Å². The minimum atomic E-state index is -3.93. The number of carbonyl (C=O) groups excluding carboxylic acids is 1. The maximum absolute atomic E-state index is 11.4. The van der Waals surface area contributed by atoms with Crippen molar-refractivity contribution < 1.29 is 13.2 Å². The number of rotatable bonds is 2. The van der Waals surface area contributed by atoms with Crippen LogP contribution in [-0.2, 0) is 10.0 Å². The van der Waals surface area contributed by atoms with Gasteiger partial charge in [-0.3, -0.25) is 4.79 Å². The molecule has 0 heterocycles. The number of nitrogens with two attached hydrogens (primary N) is 1. The van der Waals surface area contributed by atoms with Crippen LogP contribution in [0.5, 0.6) is 0 Å². The summed E-state index contributed by atoms with van der Waals surface area (Å²) in [5, 5.41) is 7.17. The van der Waals surface area contributed by atoms with Crippen molar-refractivity contribution in [3.05, 3.63) is 27.7 Å². The van der Waals surface area contributed by atoms with E-state index < -0.39 is 15.9 Å². The van der Waals surface area contributed by atoms with Gasteiger partial charge in [0.2, 0.25) is 10.0 Å². The van der Waals surface area contributed by atoms with Gasteiger partial charge in [0, 0.05) is 7.05 Å². The van der Waals surface area contributed by atoms with Crippen LogP contribution in [0.1, 0.15) is 10.4 Å². The number of amides is 1. The van der Waals surface area contributed by atoms with Crippen LogP contribution >= 0.6 is 23.2 Å². The third kappa shape index (κ3) is 2.65. The van der Waals surface area contributed by atoms with Crippen LogP contribution in [0, 0.1) is 0 Å². The first-order valence-electron chi connectivity index (χ1n) is 4.01. The van der Waals surface area contributed by atoms with E-state index in [2.05, 4.69) is 5.32 Å². The second-order valence-corrected chi connectivity index (χ2v) is 5.24. The molecule has 0 bridgehead atoms. The number of carbonyl (C=O) groups is 1. The van der Waals surface area contributed by atoms with Gasteiger partial charge in [0.1, 0.15) is 0 Å². The van der Waals surface area contributed by atoms with Crippen molar-refractivity contribution in [2.45, 2.75) is 4.90 Å². The van der Waals surface area contributed by atoms with E-state index in [-0.39, 0.29) is 20.5 Å². The van der Waals surface area contributed by atoms with Gasteiger partial charge in [0.25, 0.3) is 5.91 Å². The second kappa shape index (κ2) is 4.58. The molecule has 0 spiro atoms. The molecule has 1 rings (SSSR count). The molecule has 0 saturated heterocycles. The van der Waals surface area contributed by atoms with E-state index in [0.717, 1.165) is 12.1 Å². The largest absolute Gasteiger partial charge is 0.355 e. The highest BCUT2D eigenvalue weighted by molar-refractivity contribution is 7.89. The molecule has 0 unspecified atom stereocenters. The fourth-order valence-corrected chi connectivity index (χ4v) is 2.07. The summed E-state index contributed by atoms with van der Waals surface area (Å²) in [4.78, 5) is 11.1. The third-order valence-electron chi connectivity index (χ3n) is 1.80. The molecule has 5 nitrogen and oxygen atoms in total. The maximum atomic E-state index is 11.4. The zero-order chi connectivity index (χ0) is 12.5. The van der Waals surface area contributed by atoms with Gasteiger partial charge in [-0.05, 0) is 12.1 Å². The van der Waals surface area contributed by atoms with Gasteiger partial charge in [-0.15, -0.1) is 0 Å². The van der Waals surface area contributed by atoms with Gasteiger partial charge < -0.3 is 5.32 Å². The average Bonchev–Trinajstić information content (AvgIpc) is 2.19. The second-order valence-electron chi connectivity index (χ2n) is 2.89. The molecule has 0 aromatic heterocycles. The van der Waals surface area contributed by atoms with Crippen LogP contribution in [0.4, 0.5) is 0 Å². The number of benzene rings is 1. The Labute approximate surface area is 103 Å². The molecule has 0 aliphatic heterocycles. The Balaban J connectivity index is 3.51. The Morgan fingerprint density at radius 2 is 1.94 bits per heavy atom. The van der Waals surface area contributed by atoms with E-state index in [0.29, 0.717) is 0 Å². The summed E-state index contributed by atoms with van der Waals surface area (Å²) in [6.07, 6.45) is 0. The van der Waals surface area contributed by atoms with E-state index in [1.165, 1.54) is 7.05 Å². The summed E-state index contributed by atoms with van der Waals surface area (Å²) < 4.78 is 22.2. The van der Waals surface area contributed by atoms with Crippen molar-refractivity contribution in [1.82, 2.24) is 5.32 Å². The van der Waals surface area contributed by atoms with E-state index in [9.17, 15) is 13.2 Å². The molecule has 1 aromatic carbocycles. The molecule has 8 heteroatoms. The lowest BCUT2D eigenvalue weighted by Crippen LogP contribution is -2.20. The van der Waals surface area contributed by atoms with Gasteiger partial charge in [-0.25, -0.2) is 13.6 Å². The van der Waals surface area contributed by atoms with Gasteiger partial charge in [-0.2, -0.15) is 0 Å². The molecular weight excluding hydrogens is 275 g/mol. The molecule has 0 fully saturated rings. The molecule has 16 heavy (non-hydrogen) atoms. The first-order valence-corrected chi connectivity index (χ1v) is 6.31. The van der Waals surface area contributed by atoms with Crippen molar-refractivity contribution in [3.63, 3.8) is 0 Å². The topological polar surface area (TPSA) is 89.3 Å². The van der Waals surface area contributed by atoms with Crippen LogP contribution in [0.25, 0.3) is 0 Å². The van der Waals surface area contributed by atoms with Crippen LogP contribution in [0.2, 0.25) is 10.0 Å². The molecule has 0 aliphatic rings. The first-order chi connectivity index (χ1) is 7.27. The normalized spacial score (nSPS) is 11.2. The summed E-state index contributed by atoms with van der Waals surface area (Å²) in [6, 6.07) is 2.16. The van der Waals surface area contributed by atoms with E-state index in [1.54, 1.807) is 0 Å². The molecule has 0 radical (unpaired) electrons. The summed E-state index contributed by atoms with van der Waals surface area (Å²) in [7, 11) is -2.54. The Morgan fingerprint density at radius 3 is 2.38 bits per heavy atom. The smallest absolute Gasteiger partial charge is 0.252 e. The monoisotopic (exact) mass is 282 g/mol. The molecule has 0 atom stereocenters. The Morgan fingerprint density at radius 1 is 1.38 bits per heavy atom. The summed E-state index contributed by atoms with van der Waals surface area (Å²) >= 11 is 11.5. The van der Waals surface area contributed by atoms with Crippen LogP contribution in [0.3, 0.4) is 0 Å². The van der Waals surface area contributed by atoms with Crippen molar-refractivity contribution in [1.29, 1.82) is 0 Å². The van der Waals surface area contributed by atoms with E-state index >= 15 is 0 Å². The highest BCUT2D eigenvalue weighted by Crippen LogP contribution is 2.29. The molecule has 0 saturated carbocycles. The van der Waals surface area contributed by atoms with Crippen molar-refractivity contribution in [2.75, 3.05) is 7.05 Å².